The first-order valence-electron chi connectivity index (χ1n) is 7.82. The maximum atomic E-state index is 15.2. The number of rotatable bonds is 2. The van der Waals surface area contributed by atoms with E-state index in [4.69, 9.17) is 9.31 Å². The van der Waals surface area contributed by atoms with Crippen molar-refractivity contribution in [2.45, 2.75) is 45.8 Å². The van der Waals surface area contributed by atoms with Crippen LogP contribution in [0.2, 0.25) is 0 Å². The molecule has 24 heavy (non-hydrogen) atoms. The molecule has 2 aliphatic heterocycles. The van der Waals surface area contributed by atoms with Gasteiger partial charge in [0.25, 0.3) is 0 Å². The lowest BCUT2D eigenvalue weighted by Gasteiger charge is -2.32. The van der Waals surface area contributed by atoms with Crippen molar-refractivity contribution in [3.63, 3.8) is 0 Å². The van der Waals surface area contributed by atoms with E-state index in [0.717, 1.165) is 0 Å². The summed E-state index contributed by atoms with van der Waals surface area (Å²) in [6, 6.07) is 1.71. The fourth-order valence-corrected chi connectivity index (χ4v) is 5.57. The van der Waals surface area contributed by atoms with Crippen molar-refractivity contribution in [3.8, 4) is 0 Å². The van der Waals surface area contributed by atoms with Gasteiger partial charge in [-0.3, -0.25) is 4.31 Å². The molecule has 0 unspecified atom stereocenters. The first-order chi connectivity index (χ1) is 11.0. The second-order valence-corrected chi connectivity index (χ2v) is 9.78. The minimum absolute atomic E-state index is 0.142. The highest BCUT2D eigenvalue weighted by molar-refractivity contribution is 7.93. The van der Waals surface area contributed by atoms with E-state index in [2.05, 4.69) is 0 Å². The third-order valence-electron chi connectivity index (χ3n) is 4.89. The topological polar surface area (TPSA) is 55.8 Å². The van der Waals surface area contributed by atoms with Gasteiger partial charge in [-0.05, 0) is 46.1 Å². The second kappa shape index (κ2) is 5.55. The number of fused-ring (bicyclic) bond motifs is 1. The Hall–Kier alpha value is -0.895. The van der Waals surface area contributed by atoms with Crippen molar-refractivity contribution >= 4 is 39.7 Å². The first kappa shape index (κ1) is 17.9. The number of nitrogens with zero attached hydrogens (tertiary/aromatic N) is 1. The number of hydrogen-bond acceptors (Lipinski definition) is 5. The highest BCUT2D eigenvalue weighted by Crippen LogP contribution is 2.45. The lowest BCUT2D eigenvalue weighted by molar-refractivity contribution is 0.00578. The minimum Gasteiger partial charge on any atom is -0.398 e. The van der Waals surface area contributed by atoms with Gasteiger partial charge in [0.15, 0.2) is 0 Å². The first-order valence-corrected chi connectivity index (χ1v) is 10.3. The van der Waals surface area contributed by atoms with Crippen LogP contribution in [-0.4, -0.2) is 39.0 Å². The summed E-state index contributed by atoms with van der Waals surface area (Å²) in [4.78, 5) is 0.624. The molecule has 2 aliphatic rings. The largest absolute Gasteiger partial charge is 0.525 e. The maximum Gasteiger partial charge on any atom is 0.525 e. The normalized spacial score (nSPS) is 26.4. The van der Waals surface area contributed by atoms with Gasteiger partial charge in [-0.25, -0.2) is 12.8 Å². The molecule has 1 aromatic rings. The van der Waals surface area contributed by atoms with Crippen LogP contribution >= 0.6 is 11.3 Å². The molecule has 0 saturated carbocycles. The van der Waals surface area contributed by atoms with Crippen LogP contribution in [0.15, 0.2) is 17.2 Å². The molecule has 0 aromatic carbocycles. The third kappa shape index (κ3) is 2.62. The monoisotopic (exact) mass is 373 g/mol. The Morgan fingerprint density at radius 3 is 2.46 bits per heavy atom. The molecule has 0 N–H and O–H groups in total. The van der Waals surface area contributed by atoms with Crippen molar-refractivity contribution < 1.29 is 22.1 Å². The average Bonchev–Trinajstić information content (AvgIpc) is 2.99. The molecule has 1 fully saturated rings. The summed E-state index contributed by atoms with van der Waals surface area (Å²) >= 11 is 1.33. The lowest BCUT2D eigenvalue weighted by atomic mass is 9.84. The number of sulfonamides is 1. The van der Waals surface area contributed by atoms with E-state index >= 15 is 4.39 Å². The van der Waals surface area contributed by atoms with Gasteiger partial charge in [0.2, 0.25) is 10.0 Å². The summed E-state index contributed by atoms with van der Waals surface area (Å²) in [5, 5.41) is 1.77. The highest BCUT2D eigenvalue weighted by Gasteiger charge is 2.54. The van der Waals surface area contributed by atoms with Crippen molar-refractivity contribution in [1.82, 2.24) is 0 Å². The van der Waals surface area contributed by atoms with E-state index in [1.807, 2.05) is 27.7 Å². The van der Waals surface area contributed by atoms with Gasteiger partial charge in [0, 0.05) is 12.1 Å². The van der Waals surface area contributed by atoms with E-state index in [-0.39, 0.29) is 11.3 Å². The van der Waals surface area contributed by atoms with Crippen molar-refractivity contribution in [3.05, 3.63) is 22.0 Å². The predicted octanol–water partition coefficient (Wildman–Crippen LogP) is 3.23. The van der Waals surface area contributed by atoms with E-state index in [1.54, 1.807) is 18.4 Å². The summed E-state index contributed by atoms with van der Waals surface area (Å²) < 4.78 is 53.0. The molecule has 0 spiro atoms. The van der Waals surface area contributed by atoms with Gasteiger partial charge in [0.05, 0.1) is 27.5 Å². The molecule has 1 aromatic heterocycles. The molecule has 5 nitrogen and oxygen atoms in total. The van der Waals surface area contributed by atoms with Gasteiger partial charge in [-0.1, -0.05) is 0 Å². The standard InChI is InChI=1S/C15H21BFNO4S2/c1-6-18-11-7-8-23-12(11)10(9-24(18,19)20)13(17)16-21-14(2,3)15(4,5)22-16/h7-8H,6,9H2,1-5H3. The molecule has 132 valence electrons. The maximum absolute atomic E-state index is 15.2. The number of thiophene rings is 1. The van der Waals surface area contributed by atoms with E-state index in [1.165, 1.54) is 15.6 Å². The smallest absolute Gasteiger partial charge is 0.398 e. The van der Waals surface area contributed by atoms with Crippen molar-refractivity contribution in [2.75, 3.05) is 16.6 Å². The van der Waals surface area contributed by atoms with Crippen LogP contribution in [0.1, 0.15) is 39.5 Å². The zero-order chi connectivity index (χ0) is 17.9. The molecular formula is C15H21BFNO4S2. The average molecular weight is 373 g/mol. The van der Waals surface area contributed by atoms with Crippen molar-refractivity contribution in [1.29, 1.82) is 0 Å². The molecule has 0 atom stereocenters. The fraction of sp³-hybridized carbons (Fsp3) is 0.600. The van der Waals surface area contributed by atoms with Crippen LogP contribution in [0, 0.1) is 0 Å². The molecule has 9 heteroatoms. The number of hydrogen-bond donors (Lipinski definition) is 0. The Balaban J connectivity index is 2.08. The van der Waals surface area contributed by atoms with Gasteiger partial charge in [0.1, 0.15) is 5.73 Å². The molecule has 1 saturated heterocycles. The molecule has 3 heterocycles. The van der Waals surface area contributed by atoms with E-state index < -0.39 is 34.1 Å². The van der Waals surface area contributed by atoms with Crippen LogP contribution in [0.4, 0.5) is 10.1 Å². The fourth-order valence-electron chi connectivity index (χ4n) is 2.83. The quantitative estimate of drug-likeness (QED) is 0.747. The second-order valence-electron chi connectivity index (χ2n) is 6.97. The summed E-state index contributed by atoms with van der Waals surface area (Å²) in [6.07, 6.45) is 0. The van der Waals surface area contributed by atoms with Crippen LogP contribution in [0.25, 0.3) is 5.57 Å². The Morgan fingerprint density at radius 2 is 1.92 bits per heavy atom. The SMILES string of the molecule is CCN1c2ccsc2C(=C(F)B2OC(C)(C)C(C)(C)O2)CS1(=O)=O. The molecular weight excluding hydrogens is 352 g/mol. The third-order valence-corrected chi connectivity index (χ3v) is 7.63. The molecule has 0 bridgehead atoms. The number of anilines is 1. The van der Waals surface area contributed by atoms with Crippen LogP contribution < -0.4 is 4.31 Å². The Kier molecular flexibility index (Phi) is 4.15. The zero-order valence-corrected chi connectivity index (χ0v) is 16.1. The van der Waals surface area contributed by atoms with E-state index in [9.17, 15) is 8.42 Å². The van der Waals surface area contributed by atoms with E-state index in [0.29, 0.717) is 17.1 Å². The van der Waals surface area contributed by atoms with Gasteiger partial charge < -0.3 is 9.31 Å². The summed E-state index contributed by atoms with van der Waals surface area (Å²) in [5.74, 6) is -0.385. The Bertz CT molecular complexity index is 784. The molecule has 3 rings (SSSR count). The molecule has 0 amide bonds. The summed E-state index contributed by atoms with van der Waals surface area (Å²) in [7, 11) is -4.80. The molecule has 0 radical (unpaired) electrons. The Labute approximate surface area is 146 Å². The molecule has 0 aliphatic carbocycles. The summed E-state index contributed by atoms with van der Waals surface area (Å²) in [5.41, 5.74) is -1.36. The van der Waals surface area contributed by atoms with Crippen LogP contribution in [0.5, 0.6) is 0 Å². The predicted molar refractivity (Wildman–Crippen MR) is 95.2 cm³/mol. The van der Waals surface area contributed by atoms with Gasteiger partial charge in [-0.15, -0.1) is 11.3 Å². The minimum atomic E-state index is -3.61. The van der Waals surface area contributed by atoms with Gasteiger partial charge in [-0.2, -0.15) is 0 Å². The lowest BCUT2D eigenvalue weighted by Crippen LogP contribution is -2.41. The Morgan fingerprint density at radius 1 is 1.33 bits per heavy atom. The summed E-state index contributed by atoms with van der Waals surface area (Å²) in [6.45, 7) is 9.40. The van der Waals surface area contributed by atoms with Crippen LogP contribution in [0.3, 0.4) is 0 Å². The van der Waals surface area contributed by atoms with Crippen LogP contribution in [-0.2, 0) is 19.3 Å². The van der Waals surface area contributed by atoms with Crippen molar-refractivity contribution in [2.24, 2.45) is 0 Å². The number of halogens is 1. The highest BCUT2D eigenvalue weighted by atomic mass is 32.2. The van der Waals surface area contributed by atoms with Gasteiger partial charge >= 0.3 is 7.12 Å². The zero-order valence-electron chi connectivity index (χ0n) is 14.4.